The average Bonchev–Trinajstić information content (AvgIpc) is 2.56. The molecule has 2 heterocycles. The minimum absolute atomic E-state index is 0.628. The molecule has 2 aromatic rings. The molecular weight excluding hydrogens is 162 g/mol. The highest BCUT2D eigenvalue weighted by molar-refractivity contribution is 5.84. The summed E-state index contributed by atoms with van der Waals surface area (Å²) in [6, 6.07) is 5.81. The van der Waals surface area contributed by atoms with E-state index in [1.54, 1.807) is 23.2 Å². The molecule has 0 bridgehead atoms. The highest BCUT2D eigenvalue weighted by Gasteiger charge is 2.05. The molecule has 2 aromatic heterocycles. The number of hydrogen-bond acceptors (Lipinski definition) is 2. The Morgan fingerprint density at radius 2 is 2.46 bits per heavy atom. The molecule has 0 aromatic carbocycles. The monoisotopic (exact) mass is 169 g/mol. The van der Waals surface area contributed by atoms with Gasteiger partial charge < -0.3 is 4.57 Å². The van der Waals surface area contributed by atoms with Crippen LogP contribution in [0.4, 0.5) is 0 Å². The molecule has 13 heavy (non-hydrogen) atoms. The van der Waals surface area contributed by atoms with E-state index in [4.69, 9.17) is 5.26 Å². The van der Waals surface area contributed by atoms with Crippen molar-refractivity contribution in [2.45, 2.75) is 0 Å². The van der Waals surface area contributed by atoms with Gasteiger partial charge in [-0.15, -0.1) is 0 Å². The highest BCUT2D eigenvalue weighted by atomic mass is 15.0. The number of nitrogens with zero attached hydrogens (tertiary/aromatic N) is 3. The summed E-state index contributed by atoms with van der Waals surface area (Å²) in [7, 11) is 0. The fraction of sp³-hybridized carbons (Fsp3) is 0. The number of aromatic nitrogens is 2. The summed E-state index contributed by atoms with van der Waals surface area (Å²) in [5.41, 5.74) is 1.40. The molecule has 62 valence electrons. The van der Waals surface area contributed by atoms with Crippen LogP contribution < -0.4 is 0 Å². The largest absolute Gasteiger partial charge is 0.307 e. The van der Waals surface area contributed by atoms with Crippen LogP contribution in [-0.4, -0.2) is 9.55 Å². The maximum atomic E-state index is 8.82. The molecule has 0 aliphatic rings. The number of nitriles is 1. The van der Waals surface area contributed by atoms with E-state index in [9.17, 15) is 0 Å². The molecule has 0 spiro atoms. The molecule has 0 N–H and O–H groups in total. The van der Waals surface area contributed by atoms with Crippen LogP contribution in [0.25, 0.3) is 17.2 Å². The molecule has 0 aliphatic heterocycles. The third-order valence-corrected chi connectivity index (χ3v) is 1.91. The Balaban J connectivity index is 2.92. The summed E-state index contributed by atoms with van der Waals surface area (Å²) < 4.78 is 1.74. The minimum atomic E-state index is 0.628. The topological polar surface area (TPSA) is 41.6 Å². The third-order valence-electron chi connectivity index (χ3n) is 1.91. The Bertz CT molecular complexity index is 502. The van der Waals surface area contributed by atoms with Crippen LogP contribution in [-0.2, 0) is 0 Å². The van der Waals surface area contributed by atoms with Crippen LogP contribution >= 0.6 is 0 Å². The van der Waals surface area contributed by atoms with Crippen LogP contribution in [0.2, 0.25) is 0 Å². The lowest BCUT2D eigenvalue weighted by molar-refractivity contribution is 1.17. The number of rotatable bonds is 1. The molecule has 3 nitrogen and oxygen atoms in total. The highest BCUT2D eigenvalue weighted by Crippen LogP contribution is 2.17. The maximum absolute atomic E-state index is 8.82. The van der Waals surface area contributed by atoms with E-state index < -0.39 is 0 Å². The first-order valence-electron chi connectivity index (χ1n) is 3.85. The Morgan fingerprint density at radius 1 is 1.62 bits per heavy atom. The van der Waals surface area contributed by atoms with E-state index in [1.807, 2.05) is 12.1 Å². The number of fused-ring (bicyclic) bond motifs is 1. The van der Waals surface area contributed by atoms with E-state index in [0.717, 1.165) is 11.0 Å². The Morgan fingerprint density at radius 3 is 3.15 bits per heavy atom. The van der Waals surface area contributed by atoms with Gasteiger partial charge in [0.2, 0.25) is 0 Å². The predicted octanol–water partition coefficient (Wildman–Crippen LogP) is 2.01. The van der Waals surface area contributed by atoms with Gasteiger partial charge in [0.1, 0.15) is 11.7 Å². The molecule has 0 radical (unpaired) electrons. The Kier molecular flexibility index (Phi) is 1.60. The van der Waals surface area contributed by atoms with Gasteiger partial charge in [0.25, 0.3) is 0 Å². The number of hydrogen-bond donors (Lipinski definition) is 0. The molecule has 3 heteroatoms. The van der Waals surface area contributed by atoms with Crippen molar-refractivity contribution < 1.29 is 0 Å². The first kappa shape index (κ1) is 7.56. The predicted molar refractivity (Wildman–Crippen MR) is 50.8 cm³/mol. The van der Waals surface area contributed by atoms with Crippen LogP contribution in [0.15, 0.2) is 31.1 Å². The van der Waals surface area contributed by atoms with E-state index in [2.05, 4.69) is 17.6 Å². The van der Waals surface area contributed by atoms with E-state index in [-0.39, 0.29) is 0 Å². The average molecular weight is 169 g/mol. The zero-order valence-electron chi connectivity index (χ0n) is 6.94. The van der Waals surface area contributed by atoms with E-state index >= 15 is 0 Å². The second-order valence-electron chi connectivity index (χ2n) is 2.62. The maximum Gasteiger partial charge on any atom is 0.145 e. The van der Waals surface area contributed by atoms with Crippen molar-refractivity contribution in [3.8, 4) is 6.07 Å². The first-order valence-corrected chi connectivity index (χ1v) is 3.85. The summed E-state index contributed by atoms with van der Waals surface area (Å²) in [4.78, 5) is 4.16. The molecule has 0 aliphatic carbocycles. The standard InChI is InChI=1S/C10H7N3/c1-2-13-7-8(6-11)9-4-3-5-12-10(9)13/h2-5,7H,1H2. The van der Waals surface area contributed by atoms with Crippen molar-refractivity contribution in [3.63, 3.8) is 0 Å². The fourth-order valence-electron chi connectivity index (χ4n) is 1.31. The zero-order valence-corrected chi connectivity index (χ0v) is 6.94. The normalized spacial score (nSPS) is 9.77. The molecule has 0 saturated carbocycles. The van der Waals surface area contributed by atoms with Gasteiger partial charge in [-0.2, -0.15) is 5.26 Å². The van der Waals surface area contributed by atoms with Crippen molar-refractivity contribution in [3.05, 3.63) is 36.7 Å². The van der Waals surface area contributed by atoms with Crippen LogP contribution in [0.3, 0.4) is 0 Å². The second-order valence-corrected chi connectivity index (χ2v) is 2.62. The smallest absolute Gasteiger partial charge is 0.145 e. The molecule has 0 atom stereocenters. The SMILES string of the molecule is C=Cn1cc(C#N)c2cccnc21. The summed E-state index contributed by atoms with van der Waals surface area (Å²) >= 11 is 0. The van der Waals surface area contributed by atoms with Crippen molar-refractivity contribution in [2.75, 3.05) is 0 Å². The van der Waals surface area contributed by atoms with Gasteiger partial charge in [-0.3, -0.25) is 0 Å². The number of pyridine rings is 1. The fourth-order valence-corrected chi connectivity index (χ4v) is 1.31. The quantitative estimate of drug-likeness (QED) is 0.655. The van der Waals surface area contributed by atoms with Gasteiger partial charge >= 0.3 is 0 Å². The van der Waals surface area contributed by atoms with Crippen LogP contribution in [0.5, 0.6) is 0 Å². The molecule has 0 fully saturated rings. The minimum Gasteiger partial charge on any atom is -0.307 e. The van der Waals surface area contributed by atoms with Gasteiger partial charge in [-0.25, -0.2) is 4.98 Å². The van der Waals surface area contributed by atoms with E-state index in [1.165, 1.54) is 0 Å². The lowest BCUT2D eigenvalue weighted by atomic mass is 10.2. The third kappa shape index (κ3) is 1.00. The van der Waals surface area contributed by atoms with Gasteiger partial charge in [0, 0.05) is 24.0 Å². The van der Waals surface area contributed by atoms with Crippen LogP contribution in [0.1, 0.15) is 5.56 Å². The van der Waals surface area contributed by atoms with Gasteiger partial charge in [-0.05, 0) is 12.1 Å². The van der Waals surface area contributed by atoms with Crippen LogP contribution in [0, 0.1) is 11.3 Å². The zero-order chi connectivity index (χ0) is 9.26. The lowest BCUT2D eigenvalue weighted by Crippen LogP contribution is -1.83. The second kappa shape index (κ2) is 2.76. The molecule has 0 unspecified atom stereocenters. The summed E-state index contributed by atoms with van der Waals surface area (Å²) in [6.45, 7) is 3.64. The lowest BCUT2D eigenvalue weighted by Gasteiger charge is -1.92. The Hall–Kier alpha value is -2.08. The molecule has 0 amide bonds. The van der Waals surface area contributed by atoms with Crippen molar-refractivity contribution in [1.29, 1.82) is 5.26 Å². The van der Waals surface area contributed by atoms with Gasteiger partial charge in [0.15, 0.2) is 0 Å². The molecule has 0 saturated heterocycles. The molecule has 2 rings (SSSR count). The summed E-state index contributed by atoms with van der Waals surface area (Å²) in [5.74, 6) is 0. The summed E-state index contributed by atoms with van der Waals surface area (Å²) in [5, 5.41) is 9.68. The van der Waals surface area contributed by atoms with Crippen molar-refractivity contribution in [2.24, 2.45) is 0 Å². The van der Waals surface area contributed by atoms with Crippen molar-refractivity contribution in [1.82, 2.24) is 9.55 Å². The van der Waals surface area contributed by atoms with Gasteiger partial charge in [-0.1, -0.05) is 6.58 Å². The first-order chi connectivity index (χ1) is 6.36. The molecular formula is C10H7N3. The Labute approximate surface area is 75.5 Å². The van der Waals surface area contributed by atoms with Crippen molar-refractivity contribution >= 4 is 17.2 Å². The summed E-state index contributed by atoms with van der Waals surface area (Å²) in [6.07, 6.45) is 5.06. The van der Waals surface area contributed by atoms with E-state index in [0.29, 0.717) is 5.56 Å². The van der Waals surface area contributed by atoms with Gasteiger partial charge in [0.05, 0.1) is 5.56 Å².